The number of fused-ring (bicyclic) bond motifs is 1. The van der Waals surface area contributed by atoms with E-state index in [1.165, 1.54) is 49.0 Å². The maximum absolute atomic E-state index is 13.1. The van der Waals surface area contributed by atoms with Crippen LogP contribution < -0.4 is 10.2 Å². The summed E-state index contributed by atoms with van der Waals surface area (Å²) >= 11 is 0. The molecule has 1 N–H and O–H groups in total. The molecule has 7 rings (SSSR count). The number of nitrogens with zero attached hydrogens (tertiary/aromatic N) is 1. The number of hydrogen-bond donors (Lipinski definition) is 1. The molecule has 0 radical (unpaired) electrons. The van der Waals surface area contributed by atoms with E-state index in [9.17, 15) is 9.59 Å². The van der Waals surface area contributed by atoms with Crippen LogP contribution in [0.4, 0.5) is 11.4 Å². The highest BCUT2D eigenvalue weighted by Crippen LogP contribution is 2.61. The molecule has 0 spiro atoms. The highest BCUT2D eigenvalue weighted by Gasteiger charge is 2.52. The molecular weight excluding hydrogens is 360 g/mol. The van der Waals surface area contributed by atoms with Gasteiger partial charge in [0.1, 0.15) is 0 Å². The van der Waals surface area contributed by atoms with Gasteiger partial charge < -0.3 is 5.32 Å². The lowest BCUT2D eigenvalue weighted by atomic mass is 9.48. The largest absolute Gasteiger partial charge is 0.386 e. The van der Waals surface area contributed by atoms with Crippen molar-refractivity contribution in [1.82, 2.24) is 0 Å². The number of nitrogens with one attached hydrogen (secondary N) is 1. The zero-order valence-corrected chi connectivity index (χ0v) is 16.8. The maximum atomic E-state index is 13.1. The van der Waals surface area contributed by atoms with E-state index in [2.05, 4.69) is 23.5 Å². The lowest BCUT2D eigenvalue weighted by Crippen LogP contribution is -2.48. The van der Waals surface area contributed by atoms with Crippen molar-refractivity contribution in [3.63, 3.8) is 0 Å². The molecule has 1 heterocycles. The summed E-state index contributed by atoms with van der Waals surface area (Å²) in [5.41, 5.74) is 4.08. The Morgan fingerprint density at radius 1 is 0.862 bits per heavy atom. The minimum Gasteiger partial charge on any atom is -0.386 e. The van der Waals surface area contributed by atoms with Gasteiger partial charge >= 0.3 is 0 Å². The third kappa shape index (κ3) is 2.38. The van der Waals surface area contributed by atoms with Crippen LogP contribution in [0.25, 0.3) is 0 Å². The Bertz CT molecular complexity index is 971. The van der Waals surface area contributed by atoms with Crippen molar-refractivity contribution >= 4 is 23.2 Å². The van der Waals surface area contributed by atoms with Crippen molar-refractivity contribution in [3.05, 3.63) is 59.2 Å². The van der Waals surface area contributed by atoms with E-state index in [1.807, 2.05) is 19.2 Å². The number of imide groups is 1. The first-order valence-corrected chi connectivity index (χ1v) is 10.9. The molecule has 4 fully saturated rings. The number of hydrogen-bond acceptors (Lipinski definition) is 3. The van der Waals surface area contributed by atoms with Gasteiger partial charge in [0, 0.05) is 7.05 Å². The molecule has 4 aliphatic carbocycles. The van der Waals surface area contributed by atoms with Crippen molar-refractivity contribution in [2.45, 2.75) is 43.9 Å². The van der Waals surface area contributed by atoms with E-state index in [-0.39, 0.29) is 17.2 Å². The predicted molar refractivity (Wildman–Crippen MR) is 113 cm³/mol. The first-order valence-electron chi connectivity index (χ1n) is 10.9. The van der Waals surface area contributed by atoms with Gasteiger partial charge in [-0.25, -0.2) is 4.90 Å². The molecule has 0 saturated heterocycles. The molecule has 4 nitrogen and oxygen atoms in total. The average Bonchev–Trinajstić information content (AvgIpc) is 2.97. The Morgan fingerprint density at radius 2 is 1.41 bits per heavy atom. The summed E-state index contributed by atoms with van der Waals surface area (Å²) < 4.78 is 0. The fraction of sp³-hybridized carbons (Fsp3) is 0.440. The molecule has 4 heteroatoms. The monoisotopic (exact) mass is 386 g/mol. The molecule has 148 valence electrons. The Kier molecular flexibility index (Phi) is 3.54. The zero-order valence-electron chi connectivity index (χ0n) is 16.8. The van der Waals surface area contributed by atoms with Crippen LogP contribution >= 0.6 is 0 Å². The molecule has 0 atom stereocenters. The fourth-order valence-electron chi connectivity index (χ4n) is 7.13. The van der Waals surface area contributed by atoms with E-state index in [0.29, 0.717) is 16.8 Å². The van der Waals surface area contributed by atoms with E-state index in [1.54, 1.807) is 12.1 Å². The van der Waals surface area contributed by atoms with E-state index < -0.39 is 0 Å². The van der Waals surface area contributed by atoms with Crippen LogP contribution in [0.15, 0.2) is 42.5 Å². The Labute approximate surface area is 171 Å². The van der Waals surface area contributed by atoms with Crippen LogP contribution in [-0.2, 0) is 5.41 Å². The van der Waals surface area contributed by atoms with Crippen LogP contribution in [0.5, 0.6) is 0 Å². The van der Waals surface area contributed by atoms with Crippen molar-refractivity contribution in [1.29, 1.82) is 0 Å². The summed E-state index contributed by atoms with van der Waals surface area (Å²) in [7, 11) is 1.85. The summed E-state index contributed by atoms with van der Waals surface area (Å²) in [6, 6.07) is 13.6. The number of carbonyl (C=O) groups is 2. The summed E-state index contributed by atoms with van der Waals surface area (Å²) in [5.74, 6) is 2.13. The maximum Gasteiger partial charge on any atom is 0.266 e. The molecule has 0 aromatic heterocycles. The molecule has 2 amide bonds. The van der Waals surface area contributed by atoms with E-state index >= 15 is 0 Å². The second-order valence-corrected chi connectivity index (χ2v) is 9.67. The van der Waals surface area contributed by atoms with Gasteiger partial charge in [0.25, 0.3) is 11.8 Å². The number of carbonyl (C=O) groups excluding carboxylic acids is 2. The third-order valence-corrected chi connectivity index (χ3v) is 7.95. The van der Waals surface area contributed by atoms with Gasteiger partial charge in [0.05, 0.1) is 22.5 Å². The van der Waals surface area contributed by atoms with Crippen molar-refractivity contribution < 1.29 is 9.59 Å². The van der Waals surface area contributed by atoms with Gasteiger partial charge in [-0.05, 0) is 91.5 Å². The van der Waals surface area contributed by atoms with Gasteiger partial charge in [-0.2, -0.15) is 0 Å². The van der Waals surface area contributed by atoms with Crippen molar-refractivity contribution in [3.8, 4) is 0 Å². The van der Waals surface area contributed by atoms with Crippen LogP contribution in [0.1, 0.15) is 64.8 Å². The minimum atomic E-state index is -0.218. The van der Waals surface area contributed by atoms with E-state index in [0.717, 1.165) is 23.4 Å². The Balaban J connectivity index is 1.45. The van der Waals surface area contributed by atoms with Gasteiger partial charge in [-0.15, -0.1) is 0 Å². The van der Waals surface area contributed by atoms with Crippen LogP contribution in [-0.4, -0.2) is 18.9 Å². The van der Waals surface area contributed by atoms with Gasteiger partial charge in [-0.1, -0.05) is 18.2 Å². The highest BCUT2D eigenvalue weighted by atomic mass is 16.2. The SMILES string of the molecule is CNc1ccc(C23CC4CC(CC(C4)C2)C3)cc1N1C(=O)c2ccccc2C1=O. The number of anilines is 2. The van der Waals surface area contributed by atoms with Crippen molar-refractivity contribution in [2.75, 3.05) is 17.3 Å². The molecule has 5 aliphatic rings. The molecule has 29 heavy (non-hydrogen) atoms. The normalized spacial score (nSPS) is 32.0. The number of rotatable bonds is 3. The van der Waals surface area contributed by atoms with E-state index in [4.69, 9.17) is 0 Å². The van der Waals surface area contributed by atoms with Gasteiger partial charge in [0.2, 0.25) is 0 Å². The van der Waals surface area contributed by atoms with Crippen molar-refractivity contribution in [2.24, 2.45) is 17.8 Å². The van der Waals surface area contributed by atoms with Crippen LogP contribution in [0, 0.1) is 17.8 Å². The molecule has 4 saturated carbocycles. The Morgan fingerprint density at radius 3 is 1.93 bits per heavy atom. The summed E-state index contributed by atoms with van der Waals surface area (Å²) in [6.07, 6.45) is 8.00. The summed E-state index contributed by atoms with van der Waals surface area (Å²) in [5, 5.41) is 3.20. The molecule has 2 aromatic rings. The second-order valence-electron chi connectivity index (χ2n) is 9.67. The Hall–Kier alpha value is -2.62. The highest BCUT2D eigenvalue weighted by molar-refractivity contribution is 6.35. The molecule has 1 aliphatic heterocycles. The number of amides is 2. The minimum absolute atomic E-state index is 0.218. The average molecular weight is 386 g/mol. The van der Waals surface area contributed by atoms with Crippen LogP contribution in [0.3, 0.4) is 0 Å². The summed E-state index contributed by atoms with van der Waals surface area (Å²) in [4.78, 5) is 27.6. The topological polar surface area (TPSA) is 49.4 Å². The quantitative estimate of drug-likeness (QED) is 0.756. The lowest BCUT2D eigenvalue weighted by molar-refractivity contribution is -0.00517. The molecule has 0 unspecified atom stereocenters. The first kappa shape index (κ1) is 17.3. The molecule has 4 bridgehead atoms. The smallest absolute Gasteiger partial charge is 0.266 e. The molecule has 2 aromatic carbocycles. The standard InChI is InChI=1S/C25H26N2O2/c1-26-21-7-6-18(25-12-15-8-16(13-25)10-17(9-15)14-25)11-22(21)27-23(28)19-4-2-3-5-20(19)24(27)29/h2-7,11,15-17,26H,8-10,12-14H2,1H3. The predicted octanol–water partition coefficient (Wildman–Crippen LogP) is 5.00. The van der Waals surface area contributed by atoms with Gasteiger partial charge in [-0.3, -0.25) is 9.59 Å². The summed E-state index contributed by atoms with van der Waals surface area (Å²) in [6.45, 7) is 0. The van der Waals surface area contributed by atoms with Gasteiger partial charge in [0.15, 0.2) is 0 Å². The lowest BCUT2D eigenvalue weighted by Gasteiger charge is -2.57. The fourth-order valence-corrected chi connectivity index (χ4v) is 7.13. The first-order chi connectivity index (χ1) is 14.1. The zero-order chi connectivity index (χ0) is 19.8. The molecular formula is C25H26N2O2. The second kappa shape index (κ2) is 5.94. The third-order valence-electron chi connectivity index (χ3n) is 7.95. The van der Waals surface area contributed by atoms with Crippen LogP contribution in [0.2, 0.25) is 0 Å². The number of benzene rings is 2.